The second kappa shape index (κ2) is 4.32. The van der Waals surface area contributed by atoms with Gasteiger partial charge < -0.3 is 9.84 Å². The van der Waals surface area contributed by atoms with Gasteiger partial charge in [0.25, 0.3) is 0 Å². The second-order valence-corrected chi connectivity index (χ2v) is 1.78. The quantitative estimate of drug-likeness (QED) is 0.554. The molecule has 0 rings (SSSR count). The van der Waals surface area contributed by atoms with Gasteiger partial charge >= 0.3 is 5.97 Å². The predicted molar refractivity (Wildman–Crippen MR) is 32.6 cm³/mol. The van der Waals surface area contributed by atoms with Crippen molar-refractivity contribution in [2.45, 2.75) is 19.4 Å². The summed E-state index contributed by atoms with van der Waals surface area (Å²) in [5.74, 6) is -0.379. The summed E-state index contributed by atoms with van der Waals surface area (Å²) in [6.45, 7) is 4.92. The molecule has 1 radical (unpaired) electrons. The number of ether oxygens (including phenoxy) is 1. The lowest BCUT2D eigenvalue weighted by atomic mass is 10.4. The summed E-state index contributed by atoms with van der Waals surface area (Å²) in [6.07, 6.45) is -0.465. The molecule has 1 atom stereocenters. The van der Waals surface area contributed by atoms with Crippen molar-refractivity contribution < 1.29 is 14.6 Å². The summed E-state index contributed by atoms with van der Waals surface area (Å²) < 4.78 is 4.50. The molecule has 0 aliphatic carbocycles. The van der Waals surface area contributed by atoms with E-state index >= 15 is 0 Å². The lowest BCUT2D eigenvalue weighted by Crippen LogP contribution is -2.14. The maximum absolute atomic E-state index is 10.3. The van der Waals surface area contributed by atoms with Crippen molar-refractivity contribution in [3.8, 4) is 0 Å². The van der Waals surface area contributed by atoms with Crippen LogP contribution in [0.2, 0.25) is 0 Å². The average molecular weight is 131 g/mol. The molecule has 9 heavy (non-hydrogen) atoms. The van der Waals surface area contributed by atoms with Crippen LogP contribution in [0.5, 0.6) is 0 Å². The number of carbonyl (C=O) groups excluding carboxylic acids is 1. The van der Waals surface area contributed by atoms with Crippen molar-refractivity contribution in [1.29, 1.82) is 0 Å². The van der Waals surface area contributed by atoms with E-state index in [-0.39, 0.29) is 19.0 Å². The zero-order valence-corrected chi connectivity index (χ0v) is 5.46. The van der Waals surface area contributed by atoms with Crippen LogP contribution >= 0.6 is 0 Å². The van der Waals surface area contributed by atoms with Crippen molar-refractivity contribution >= 4 is 5.97 Å². The average Bonchev–Trinajstić information content (AvgIpc) is 1.83. The maximum Gasteiger partial charge on any atom is 0.305 e. The van der Waals surface area contributed by atoms with Gasteiger partial charge in [-0.2, -0.15) is 0 Å². The van der Waals surface area contributed by atoms with Crippen LogP contribution < -0.4 is 0 Å². The minimum atomic E-state index is -0.583. The van der Waals surface area contributed by atoms with Crippen LogP contribution in [0.25, 0.3) is 0 Å². The third-order valence-electron chi connectivity index (χ3n) is 0.690. The van der Waals surface area contributed by atoms with Crippen LogP contribution in [0.15, 0.2) is 0 Å². The maximum atomic E-state index is 10.3. The Morgan fingerprint density at radius 3 is 2.78 bits per heavy atom. The third kappa shape index (κ3) is 5.30. The van der Waals surface area contributed by atoms with Gasteiger partial charge in [0.2, 0.25) is 0 Å². The van der Waals surface area contributed by atoms with Crippen LogP contribution in [0.1, 0.15) is 13.3 Å². The Morgan fingerprint density at radius 1 is 1.89 bits per heavy atom. The molecule has 0 saturated carbocycles. The van der Waals surface area contributed by atoms with E-state index in [0.29, 0.717) is 0 Å². The van der Waals surface area contributed by atoms with Crippen molar-refractivity contribution in [2.75, 3.05) is 6.61 Å². The molecule has 0 spiro atoms. The Bertz CT molecular complexity index is 88.3. The van der Waals surface area contributed by atoms with Crippen molar-refractivity contribution in [1.82, 2.24) is 0 Å². The summed E-state index contributed by atoms with van der Waals surface area (Å²) in [5.41, 5.74) is 0. The molecule has 0 aliphatic heterocycles. The van der Waals surface area contributed by atoms with Crippen LogP contribution in [0, 0.1) is 6.92 Å². The van der Waals surface area contributed by atoms with Gasteiger partial charge in [-0.1, -0.05) is 0 Å². The van der Waals surface area contributed by atoms with Gasteiger partial charge in [0.1, 0.15) is 6.61 Å². The van der Waals surface area contributed by atoms with E-state index in [1.807, 2.05) is 0 Å². The molecule has 0 aromatic rings. The van der Waals surface area contributed by atoms with Gasteiger partial charge in [-0.3, -0.25) is 4.79 Å². The lowest BCUT2D eigenvalue weighted by molar-refractivity contribution is -0.145. The van der Waals surface area contributed by atoms with Crippen LogP contribution in [-0.4, -0.2) is 23.8 Å². The fourth-order valence-corrected chi connectivity index (χ4v) is 0.286. The van der Waals surface area contributed by atoms with Crippen LogP contribution in [0.4, 0.5) is 0 Å². The minimum Gasteiger partial charge on any atom is -0.463 e. The van der Waals surface area contributed by atoms with Gasteiger partial charge in [-0.05, 0) is 13.8 Å². The fourth-order valence-electron chi connectivity index (χ4n) is 0.286. The number of hydrogen-bond donors (Lipinski definition) is 1. The first kappa shape index (κ1) is 8.43. The number of aliphatic hydroxyl groups is 1. The van der Waals surface area contributed by atoms with E-state index in [0.717, 1.165) is 0 Å². The Balaban J connectivity index is 3.17. The molecule has 0 aromatic heterocycles. The van der Waals surface area contributed by atoms with E-state index in [1.165, 1.54) is 0 Å². The molecular weight excluding hydrogens is 120 g/mol. The molecule has 1 N–H and O–H groups in total. The van der Waals surface area contributed by atoms with E-state index in [9.17, 15) is 4.79 Å². The Hall–Kier alpha value is -0.570. The van der Waals surface area contributed by atoms with Crippen molar-refractivity contribution in [2.24, 2.45) is 0 Å². The summed E-state index contributed by atoms with van der Waals surface area (Å²) in [4.78, 5) is 10.3. The lowest BCUT2D eigenvalue weighted by Gasteiger charge is -2.03. The third-order valence-corrected chi connectivity index (χ3v) is 0.690. The molecule has 0 fully saturated rings. The van der Waals surface area contributed by atoms with E-state index in [2.05, 4.69) is 11.7 Å². The van der Waals surface area contributed by atoms with Crippen molar-refractivity contribution in [3.63, 3.8) is 0 Å². The first-order valence-corrected chi connectivity index (χ1v) is 2.79. The van der Waals surface area contributed by atoms with Gasteiger partial charge in [0.05, 0.1) is 6.10 Å². The minimum absolute atomic E-state index is 0.0638. The Morgan fingerprint density at radius 2 is 2.44 bits per heavy atom. The SMILES string of the molecule is [CH2]CC(=O)OCC(C)O. The number of esters is 1. The molecule has 0 saturated heterocycles. The highest BCUT2D eigenvalue weighted by atomic mass is 16.5. The molecule has 53 valence electrons. The normalized spacial score (nSPS) is 12.8. The largest absolute Gasteiger partial charge is 0.463 e. The van der Waals surface area contributed by atoms with Gasteiger partial charge in [0, 0.05) is 6.42 Å². The standard InChI is InChI=1S/C6H11O3/c1-3-6(8)9-4-5(2)7/h5,7H,1,3-4H2,2H3. The monoisotopic (exact) mass is 131 g/mol. The summed E-state index contributed by atoms with van der Waals surface area (Å²) in [6, 6.07) is 0. The zero-order valence-electron chi connectivity index (χ0n) is 5.46. The smallest absolute Gasteiger partial charge is 0.305 e. The van der Waals surface area contributed by atoms with E-state index in [4.69, 9.17) is 5.11 Å². The highest BCUT2D eigenvalue weighted by Gasteiger charge is 1.99. The van der Waals surface area contributed by atoms with Crippen LogP contribution in [0.3, 0.4) is 0 Å². The summed E-state index contributed by atoms with van der Waals surface area (Å²) >= 11 is 0. The van der Waals surface area contributed by atoms with Gasteiger partial charge in [-0.15, -0.1) is 0 Å². The number of rotatable bonds is 3. The molecule has 1 unspecified atom stereocenters. The molecule has 0 heterocycles. The highest BCUT2D eigenvalue weighted by Crippen LogP contribution is 1.86. The van der Waals surface area contributed by atoms with E-state index < -0.39 is 6.10 Å². The highest BCUT2D eigenvalue weighted by molar-refractivity contribution is 5.69. The number of aliphatic hydroxyl groups excluding tert-OH is 1. The molecular formula is C6H11O3. The number of carbonyl (C=O) groups is 1. The van der Waals surface area contributed by atoms with E-state index in [1.54, 1.807) is 6.92 Å². The topological polar surface area (TPSA) is 46.5 Å². The molecule has 0 aromatic carbocycles. The summed E-state index contributed by atoms with van der Waals surface area (Å²) in [5, 5.41) is 8.60. The predicted octanol–water partition coefficient (Wildman–Crippen LogP) is 0.135. The zero-order chi connectivity index (χ0) is 7.28. The Labute approximate surface area is 54.6 Å². The molecule has 0 bridgehead atoms. The second-order valence-electron chi connectivity index (χ2n) is 1.78. The molecule has 3 heteroatoms. The fraction of sp³-hybridized carbons (Fsp3) is 0.667. The molecule has 0 aliphatic rings. The van der Waals surface area contributed by atoms with Crippen molar-refractivity contribution in [3.05, 3.63) is 6.92 Å². The molecule has 3 nitrogen and oxygen atoms in total. The molecule has 0 amide bonds. The van der Waals surface area contributed by atoms with Gasteiger partial charge in [-0.25, -0.2) is 0 Å². The Kier molecular flexibility index (Phi) is 4.05. The van der Waals surface area contributed by atoms with Gasteiger partial charge in [0.15, 0.2) is 0 Å². The first-order chi connectivity index (χ1) is 4.16. The van der Waals surface area contributed by atoms with Crippen LogP contribution in [-0.2, 0) is 9.53 Å². The number of hydrogen-bond acceptors (Lipinski definition) is 3. The summed E-state index contributed by atoms with van der Waals surface area (Å²) in [7, 11) is 0. The first-order valence-electron chi connectivity index (χ1n) is 2.79.